The van der Waals surface area contributed by atoms with Crippen LogP contribution in [-0.4, -0.2) is 23.9 Å². The second-order valence-electron chi connectivity index (χ2n) is 2.85. The van der Waals surface area contributed by atoms with Crippen LogP contribution in [0.5, 0.6) is 0 Å². The summed E-state index contributed by atoms with van der Waals surface area (Å²) in [5.74, 6) is -0.922. The number of hydrogen-bond acceptors (Lipinski definition) is 3. The lowest BCUT2D eigenvalue weighted by Gasteiger charge is -2.04. The Labute approximate surface area is 93.2 Å². The van der Waals surface area contributed by atoms with Crippen molar-refractivity contribution < 1.29 is 9.90 Å². The maximum Gasteiger partial charge on any atom is 0.328 e. The van der Waals surface area contributed by atoms with Gasteiger partial charge in [0.15, 0.2) is 0 Å². The number of hydrogen-bond donors (Lipinski definition) is 2. The Bertz CT molecular complexity index is 363. The Balaban J connectivity index is 2.47. The van der Waals surface area contributed by atoms with Crippen molar-refractivity contribution in [3.63, 3.8) is 0 Å². The fourth-order valence-electron chi connectivity index (χ4n) is 1.07. The van der Waals surface area contributed by atoms with E-state index in [2.05, 4.69) is 5.32 Å². The summed E-state index contributed by atoms with van der Waals surface area (Å²) in [5, 5.41) is 11.5. The summed E-state index contributed by atoms with van der Waals surface area (Å²) < 4.78 is 0. The number of carboxylic acids is 1. The standard InChI is InChI=1S/C11H13NO2S/c1-15-10-5-2-4-9(8-10)12-7-3-6-11(13)14/h2-6,8,12H,7H2,1H3,(H,13,14)/b6-3+. The van der Waals surface area contributed by atoms with Crippen molar-refractivity contribution in [3.05, 3.63) is 36.4 Å². The van der Waals surface area contributed by atoms with Crippen LogP contribution in [0.15, 0.2) is 41.3 Å². The number of aliphatic carboxylic acids is 1. The topological polar surface area (TPSA) is 49.3 Å². The number of nitrogens with one attached hydrogen (secondary N) is 1. The Morgan fingerprint density at radius 2 is 2.40 bits per heavy atom. The number of rotatable bonds is 5. The van der Waals surface area contributed by atoms with E-state index in [0.29, 0.717) is 6.54 Å². The lowest BCUT2D eigenvalue weighted by molar-refractivity contribution is -0.131. The fraction of sp³-hybridized carbons (Fsp3) is 0.182. The van der Waals surface area contributed by atoms with Crippen LogP contribution in [0.2, 0.25) is 0 Å². The van der Waals surface area contributed by atoms with Gasteiger partial charge in [0.25, 0.3) is 0 Å². The van der Waals surface area contributed by atoms with Crippen LogP contribution in [0.1, 0.15) is 0 Å². The van der Waals surface area contributed by atoms with E-state index in [9.17, 15) is 4.79 Å². The second kappa shape index (κ2) is 6.14. The molecular weight excluding hydrogens is 210 g/mol. The SMILES string of the molecule is CSc1cccc(NC/C=C/C(=O)O)c1. The monoisotopic (exact) mass is 223 g/mol. The van der Waals surface area contributed by atoms with E-state index in [0.717, 1.165) is 11.8 Å². The quantitative estimate of drug-likeness (QED) is 0.594. The van der Waals surface area contributed by atoms with Crippen LogP contribution in [0.4, 0.5) is 5.69 Å². The molecule has 1 aromatic rings. The molecule has 15 heavy (non-hydrogen) atoms. The molecule has 0 amide bonds. The molecule has 0 aliphatic heterocycles. The van der Waals surface area contributed by atoms with E-state index in [-0.39, 0.29) is 0 Å². The van der Waals surface area contributed by atoms with Gasteiger partial charge >= 0.3 is 5.97 Å². The molecule has 0 unspecified atom stereocenters. The summed E-state index contributed by atoms with van der Waals surface area (Å²) in [6, 6.07) is 7.98. The first-order valence-electron chi connectivity index (χ1n) is 4.50. The third kappa shape index (κ3) is 4.56. The molecule has 0 saturated carbocycles. The second-order valence-corrected chi connectivity index (χ2v) is 3.73. The average molecular weight is 223 g/mol. The first-order chi connectivity index (χ1) is 7.22. The van der Waals surface area contributed by atoms with Gasteiger partial charge in [0.2, 0.25) is 0 Å². The molecule has 2 N–H and O–H groups in total. The number of anilines is 1. The molecule has 1 aromatic carbocycles. The van der Waals surface area contributed by atoms with E-state index < -0.39 is 5.97 Å². The maximum absolute atomic E-state index is 10.2. The molecule has 3 nitrogen and oxygen atoms in total. The zero-order valence-electron chi connectivity index (χ0n) is 8.43. The van der Waals surface area contributed by atoms with Crippen LogP contribution in [0.25, 0.3) is 0 Å². The van der Waals surface area contributed by atoms with Crippen molar-refractivity contribution in [1.29, 1.82) is 0 Å². The highest BCUT2D eigenvalue weighted by Crippen LogP contribution is 2.18. The van der Waals surface area contributed by atoms with Crippen molar-refractivity contribution in [1.82, 2.24) is 0 Å². The fourth-order valence-corrected chi connectivity index (χ4v) is 1.53. The number of benzene rings is 1. The maximum atomic E-state index is 10.2. The molecule has 0 aromatic heterocycles. The van der Waals surface area contributed by atoms with Crippen molar-refractivity contribution in [2.45, 2.75) is 4.90 Å². The van der Waals surface area contributed by atoms with E-state index in [1.165, 1.54) is 4.90 Å². The van der Waals surface area contributed by atoms with E-state index in [4.69, 9.17) is 5.11 Å². The first kappa shape index (κ1) is 11.7. The molecule has 0 aliphatic carbocycles. The van der Waals surface area contributed by atoms with Crippen LogP contribution in [-0.2, 0) is 4.79 Å². The third-order valence-electron chi connectivity index (χ3n) is 1.75. The van der Waals surface area contributed by atoms with Gasteiger partial charge < -0.3 is 10.4 Å². The molecule has 1 rings (SSSR count). The normalized spacial score (nSPS) is 10.5. The highest BCUT2D eigenvalue weighted by atomic mass is 32.2. The van der Waals surface area contributed by atoms with Gasteiger partial charge in [-0.2, -0.15) is 0 Å². The predicted molar refractivity (Wildman–Crippen MR) is 63.5 cm³/mol. The van der Waals surface area contributed by atoms with Gasteiger partial charge in [-0.05, 0) is 24.5 Å². The summed E-state index contributed by atoms with van der Waals surface area (Å²) in [4.78, 5) is 11.4. The summed E-state index contributed by atoms with van der Waals surface area (Å²) >= 11 is 1.67. The van der Waals surface area contributed by atoms with E-state index in [1.54, 1.807) is 17.8 Å². The Hall–Kier alpha value is -1.42. The number of carbonyl (C=O) groups is 1. The molecule has 0 heterocycles. The molecule has 0 atom stereocenters. The van der Waals surface area contributed by atoms with Crippen molar-refractivity contribution in [2.24, 2.45) is 0 Å². The first-order valence-corrected chi connectivity index (χ1v) is 5.72. The van der Waals surface area contributed by atoms with E-state index >= 15 is 0 Å². The van der Waals surface area contributed by atoms with E-state index in [1.807, 2.05) is 30.5 Å². The number of thioether (sulfide) groups is 1. The van der Waals surface area contributed by atoms with Crippen LogP contribution >= 0.6 is 11.8 Å². The van der Waals surface area contributed by atoms with Gasteiger partial charge in [-0.1, -0.05) is 12.1 Å². The highest BCUT2D eigenvalue weighted by Gasteiger charge is 1.92. The molecule has 0 spiro atoms. The Morgan fingerprint density at radius 3 is 3.07 bits per heavy atom. The molecule has 80 valence electrons. The molecule has 4 heteroatoms. The Kier molecular flexibility index (Phi) is 4.77. The van der Waals surface area contributed by atoms with Gasteiger partial charge in [-0.25, -0.2) is 4.79 Å². The van der Waals surface area contributed by atoms with Crippen LogP contribution in [0.3, 0.4) is 0 Å². The predicted octanol–water partition coefficient (Wildman–Crippen LogP) is 2.46. The summed E-state index contributed by atoms with van der Waals surface area (Å²) in [6.07, 6.45) is 4.73. The molecule has 0 bridgehead atoms. The van der Waals surface area contributed by atoms with Crippen LogP contribution < -0.4 is 5.32 Å². The smallest absolute Gasteiger partial charge is 0.328 e. The van der Waals surface area contributed by atoms with Crippen molar-refractivity contribution in [3.8, 4) is 0 Å². The minimum Gasteiger partial charge on any atom is -0.478 e. The van der Waals surface area contributed by atoms with Crippen molar-refractivity contribution in [2.75, 3.05) is 18.1 Å². The summed E-state index contributed by atoms with van der Waals surface area (Å²) in [6.45, 7) is 0.518. The zero-order valence-corrected chi connectivity index (χ0v) is 9.25. The molecule has 0 saturated heterocycles. The molecular formula is C11H13NO2S. The summed E-state index contributed by atoms with van der Waals surface area (Å²) in [7, 11) is 0. The third-order valence-corrected chi connectivity index (χ3v) is 2.48. The molecule has 0 radical (unpaired) electrons. The van der Waals surface area contributed by atoms with Gasteiger partial charge in [-0.3, -0.25) is 0 Å². The lowest BCUT2D eigenvalue weighted by Crippen LogP contribution is -1.99. The van der Waals surface area contributed by atoms with Gasteiger partial charge in [0.1, 0.15) is 0 Å². The minimum atomic E-state index is -0.922. The Morgan fingerprint density at radius 1 is 1.60 bits per heavy atom. The molecule has 0 aliphatic rings. The lowest BCUT2D eigenvalue weighted by atomic mass is 10.3. The average Bonchev–Trinajstić information content (AvgIpc) is 2.24. The number of carboxylic acid groups (broad SMARTS) is 1. The van der Waals surface area contributed by atoms with Crippen LogP contribution in [0, 0.1) is 0 Å². The van der Waals surface area contributed by atoms with Gasteiger partial charge in [0, 0.05) is 23.2 Å². The van der Waals surface area contributed by atoms with Gasteiger partial charge in [0.05, 0.1) is 0 Å². The zero-order chi connectivity index (χ0) is 11.1. The summed E-state index contributed by atoms with van der Waals surface area (Å²) in [5.41, 5.74) is 0.997. The van der Waals surface area contributed by atoms with Crippen molar-refractivity contribution >= 4 is 23.4 Å². The van der Waals surface area contributed by atoms with Gasteiger partial charge in [-0.15, -0.1) is 11.8 Å². The highest BCUT2D eigenvalue weighted by molar-refractivity contribution is 7.98. The molecule has 0 fully saturated rings. The largest absolute Gasteiger partial charge is 0.478 e. The minimum absolute atomic E-state index is 0.518.